The largest absolute Gasteiger partial charge is 0.495 e. The Morgan fingerprint density at radius 2 is 1.96 bits per heavy atom. The van der Waals surface area contributed by atoms with Gasteiger partial charge in [-0.25, -0.2) is 4.79 Å². The number of benzene rings is 1. The molecule has 1 aliphatic rings. The second-order valence-electron chi connectivity index (χ2n) is 5.88. The predicted octanol–water partition coefficient (Wildman–Crippen LogP) is 2.46. The minimum absolute atomic E-state index is 0.119. The van der Waals surface area contributed by atoms with E-state index in [-0.39, 0.29) is 12.6 Å². The number of amides is 2. The Morgan fingerprint density at radius 3 is 2.67 bits per heavy atom. The quantitative estimate of drug-likeness (QED) is 0.778. The van der Waals surface area contributed by atoms with E-state index in [0.717, 1.165) is 25.9 Å². The van der Waals surface area contributed by atoms with Gasteiger partial charge in [-0.1, -0.05) is 11.6 Å². The number of nitrogens with zero attached hydrogens (tertiary/aromatic N) is 4. The normalized spacial score (nSPS) is 13.4. The van der Waals surface area contributed by atoms with Crippen molar-refractivity contribution in [1.82, 2.24) is 20.3 Å². The fourth-order valence-electron chi connectivity index (χ4n) is 2.72. The van der Waals surface area contributed by atoms with Gasteiger partial charge in [0.05, 0.1) is 26.5 Å². The summed E-state index contributed by atoms with van der Waals surface area (Å²) in [7, 11) is 3.02. The van der Waals surface area contributed by atoms with Crippen molar-refractivity contribution in [3.8, 4) is 11.8 Å². The highest BCUT2D eigenvalue weighted by Gasteiger charge is 2.18. The van der Waals surface area contributed by atoms with E-state index in [0.29, 0.717) is 28.2 Å². The van der Waals surface area contributed by atoms with E-state index >= 15 is 0 Å². The number of hydrogen-bond donors (Lipinski definition) is 2. The van der Waals surface area contributed by atoms with Gasteiger partial charge in [-0.2, -0.15) is 15.0 Å². The number of methoxy groups -OCH3 is 2. The van der Waals surface area contributed by atoms with Crippen molar-refractivity contribution in [3.63, 3.8) is 0 Å². The Bertz CT molecular complexity index is 813. The van der Waals surface area contributed by atoms with Gasteiger partial charge in [0.15, 0.2) is 5.82 Å². The number of anilines is 2. The molecule has 1 aromatic carbocycles. The molecule has 2 heterocycles. The second kappa shape index (κ2) is 8.72. The van der Waals surface area contributed by atoms with Crippen LogP contribution >= 0.6 is 11.6 Å². The van der Waals surface area contributed by atoms with Crippen LogP contribution in [0.5, 0.6) is 11.8 Å². The molecule has 1 aromatic heterocycles. The summed E-state index contributed by atoms with van der Waals surface area (Å²) in [6.07, 6.45) is 2.21. The van der Waals surface area contributed by atoms with Crippen molar-refractivity contribution >= 4 is 29.3 Å². The van der Waals surface area contributed by atoms with Crippen LogP contribution in [-0.4, -0.2) is 48.3 Å². The summed E-state index contributed by atoms with van der Waals surface area (Å²) in [5.74, 6) is 1.48. The lowest BCUT2D eigenvalue weighted by Gasteiger charge is -2.16. The summed E-state index contributed by atoms with van der Waals surface area (Å²) in [4.78, 5) is 27.2. The van der Waals surface area contributed by atoms with Crippen LogP contribution in [0.4, 0.5) is 16.4 Å². The number of halogens is 1. The summed E-state index contributed by atoms with van der Waals surface area (Å²) in [6.45, 7) is 1.92. The Kier molecular flexibility index (Phi) is 6.12. The zero-order chi connectivity index (χ0) is 19.2. The van der Waals surface area contributed by atoms with Crippen LogP contribution in [0.2, 0.25) is 5.02 Å². The maximum atomic E-state index is 12.2. The fraction of sp³-hybridized carbons (Fsp3) is 0.412. The minimum Gasteiger partial charge on any atom is -0.495 e. The first-order chi connectivity index (χ1) is 13.1. The molecule has 0 aliphatic carbocycles. The Labute approximate surface area is 162 Å². The number of aromatic nitrogens is 3. The molecular weight excluding hydrogens is 372 g/mol. The smallest absolute Gasteiger partial charge is 0.321 e. The summed E-state index contributed by atoms with van der Waals surface area (Å²) >= 11 is 5.97. The molecule has 1 fully saturated rings. The monoisotopic (exact) mass is 392 g/mol. The number of urea groups is 1. The molecule has 144 valence electrons. The van der Waals surface area contributed by atoms with E-state index in [9.17, 15) is 4.79 Å². The van der Waals surface area contributed by atoms with Crippen LogP contribution in [0.25, 0.3) is 0 Å². The molecule has 3 rings (SSSR count). The first-order valence-electron chi connectivity index (χ1n) is 8.51. The summed E-state index contributed by atoms with van der Waals surface area (Å²) < 4.78 is 10.4. The average molecular weight is 393 g/mol. The molecule has 1 saturated heterocycles. The summed E-state index contributed by atoms with van der Waals surface area (Å²) in [6, 6.07) is 4.76. The van der Waals surface area contributed by atoms with E-state index < -0.39 is 6.03 Å². The number of hydrogen-bond acceptors (Lipinski definition) is 7. The third-order valence-corrected chi connectivity index (χ3v) is 4.27. The molecule has 2 amide bonds. The predicted molar refractivity (Wildman–Crippen MR) is 102 cm³/mol. The molecule has 0 atom stereocenters. The Hall–Kier alpha value is -2.81. The molecule has 10 heteroatoms. The van der Waals surface area contributed by atoms with Gasteiger partial charge >= 0.3 is 12.0 Å². The first-order valence-corrected chi connectivity index (χ1v) is 8.89. The molecule has 0 bridgehead atoms. The van der Waals surface area contributed by atoms with E-state index in [2.05, 4.69) is 30.5 Å². The summed E-state index contributed by atoms with van der Waals surface area (Å²) in [5, 5.41) is 5.90. The van der Waals surface area contributed by atoms with Gasteiger partial charge in [-0.15, -0.1) is 0 Å². The lowest BCUT2D eigenvalue weighted by atomic mass is 10.3. The van der Waals surface area contributed by atoms with Gasteiger partial charge < -0.3 is 25.0 Å². The van der Waals surface area contributed by atoms with Gasteiger partial charge in [-0.05, 0) is 31.0 Å². The van der Waals surface area contributed by atoms with Crippen molar-refractivity contribution in [3.05, 3.63) is 29.0 Å². The van der Waals surface area contributed by atoms with Crippen molar-refractivity contribution in [2.24, 2.45) is 0 Å². The van der Waals surface area contributed by atoms with Crippen LogP contribution in [0.15, 0.2) is 18.2 Å². The van der Waals surface area contributed by atoms with Crippen molar-refractivity contribution < 1.29 is 14.3 Å². The van der Waals surface area contributed by atoms with Gasteiger partial charge in [0, 0.05) is 18.1 Å². The molecule has 9 nitrogen and oxygen atoms in total. The molecule has 2 aromatic rings. The zero-order valence-electron chi connectivity index (χ0n) is 15.2. The van der Waals surface area contributed by atoms with Crippen LogP contribution in [0, 0.1) is 0 Å². The maximum absolute atomic E-state index is 12.2. The van der Waals surface area contributed by atoms with Gasteiger partial charge in [-0.3, -0.25) is 0 Å². The molecule has 2 N–H and O–H groups in total. The van der Waals surface area contributed by atoms with Crippen molar-refractivity contribution in [2.45, 2.75) is 19.4 Å². The molecule has 27 heavy (non-hydrogen) atoms. The highest BCUT2D eigenvalue weighted by atomic mass is 35.5. The standard InChI is InChI=1S/C17H21ClN6O3/c1-26-13-6-5-11(18)9-12(13)20-16(25)19-10-14-21-15(23-17(22-14)27-2)24-7-3-4-8-24/h5-6,9H,3-4,7-8,10H2,1-2H3,(H2,19,20,25). The SMILES string of the molecule is COc1nc(CNC(=O)Nc2cc(Cl)ccc2OC)nc(N2CCCC2)n1. The summed E-state index contributed by atoms with van der Waals surface area (Å²) in [5.41, 5.74) is 0.466. The number of carbonyl (C=O) groups excluding carboxylic acids is 1. The Morgan fingerprint density at radius 1 is 1.19 bits per heavy atom. The maximum Gasteiger partial charge on any atom is 0.321 e. The zero-order valence-corrected chi connectivity index (χ0v) is 15.9. The van der Waals surface area contributed by atoms with Crippen LogP contribution in [-0.2, 0) is 6.54 Å². The third kappa shape index (κ3) is 4.88. The number of carbonyl (C=O) groups is 1. The highest BCUT2D eigenvalue weighted by molar-refractivity contribution is 6.31. The van der Waals surface area contributed by atoms with Crippen LogP contribution in [0.3, 0.4) is 0 Å². The van der Waals surface area contributed by atoms with E-state index in [1.165, 1.54) is 14.2 Å². The molecule has 0 unspecified atom stereocenters. The van der Waals surface area contributed by atoms with Crippen LogP contribution < -0.4 is 25.0 Å². The van der Waals surface area contributed by atoms with E-state index in [1.807, 2.05) is 0 Å². The lowest BCUT2D eigenvalue weighted by Crippen LogP contribution is -2.30. The number of rotatable bonds is 6. The van der Waals surface area contributed by atoms with Crippen molar-refractivity contribution in [1.29, 1.82) is 0 Å². The first kappa shape index (κ1) is 19.0. The van der Waals surface area contributed by atoms with Gasteiger partial charge in [0.1, 0.15) is 5.75 Å². The lowest BCUT2D eigenvalue weighted by molar-refractivity contribution is 0.251. The molecule has 0 saturated carbocycles. The second-order valence-corrected chi connectivity index (χ2v) is 6.32. The minimum atomic E-state index is -0.433. The third-order valence-electron chi connectivity index (χ3n) is 4.04. The fourth-order valence-corrected chi connectivity index (χ4v) is 2.89. The van der Waals surface area contributed by atoms with Gasteiger partial charge in [0.25, 0.3) is 0 Å². The van der Waals surface area contributed by atoms with E-state index in [1.54, 1.807) is 18.2 Å². The topological polar surface area (TPSA) is 102 Å². The van der Waals surface area contributed by atoms with Crippen LogP contribution in [0.1, 0.15) is 18.7 Å². The molecule has 0 spiro atoms. The number of ether oxygens (including phenoxy) is 2. The van der Waals surface area contributed by atoms with Crippen molar-refractivity contribution in [2.75, 3.05) is 37.5 Å². The average Bonchev–Trinajstić information content (AvgIpc) is 3.21. The Balaban J connectivity index is 1.66. The molecule has 0 radical (unpaired) electrons. The number of nitrogens with one attached hydrogen (secondary N) is 2. The molecular formula is C17H21ClN6O3. The highest BCUT2D eigenvalue weighted by Crippen LogP contribution is 2.27. The molecule has 1 aliphatic heterocycles. The van der Waals surface area contributed by atoms with Gasteiger partial charge in [0.2, 0.25) is 5.95 Å². The van der Waals surface area contributed by atoms with E-state index in [4.69, 9.17) is 21.1 Å².